The molecule has 18 heavy (non-hydrogen) atoms. The fraction of sp³-hybridized carbons (Fsp3) is 0.500. The molecule has 1 aromatic carbocycles. The lowest BCUT2D eigenvalue weighted by molar-refractivity contribution is 0.0924. The van der Waals surface area contributed by atoms with E-state index >= 15 is 0 Å². The summed E-state index contributed by atoms with van der Waals surface area (Å²) in [4.78, 5) is 12.0. The Bertz CT molecular complexity index is 414. The molecule has 0 bridgehead atoms. The summed E-state index contributed by atoms with van der Waals surface area (Å²) < 4.78 is 0. The van der Waals surface area contributed by atoms with E-state index in [0.29, 0.717) is 18.0 Å². The van der Waals surface area contributed by atoms with Crippen LogP contribution in [-0.2, 0) is 0 Å². The van der Waals surface area contributed by atoms with Crippen molar-refractivity contribution in [3.05, 3.63) is 29.8 Å². The van der Waals surface area contributed by atoms with E-state index in [-0.39, 0.29) is 17.7 Å². The Morgan fingerprint density at radius 3 is 2.78 bits per heavy atom. The summed E-state index contributed by atoms with van der Waals surface area (Å²) in [5.74, 6) is 0.442. The van der Waals surface area contributed by atoms with Gasteiger partial charge < -0.3 is 16.2 Å². The number of aromatic hydroxyl groups is 1. The van der Waals surface area contributed by atoms with E-state index in [4.69, 9.17) is 5.73 Å². The number of phenols is 1. The van der Waals surface area contributed by atoms with Gasteiger partial charge in [-0.2, -0.15) is 0 Å². The number of nitrogens with two attached hydrogens (primary N) is 1. The maximum atomic E-state index is 12.0. The van der Waals surface area contributed by atoms with Crippen molar-refractivity contribution in [3.8, 4) is 5.75 Å². The molecule has 0 heterocycles. The number of rotatable bonds is 4. The number of nitrogens with one attached hydrogen (secondary N) is 1. The van der Waals surface area contributed by atoms with Gasteiger partial charge in [-0.1, -0.05) is 18.9 Å². The van der Waals surface area contributed by atoms with Gasteiger partial charge in [0.05, 0.1) is 0 Å². The smallest absolute Gasteiger partial charge is 0.251 e. The molecule has 0 aliphatic heterocycles. The van der Waals surface area contributed by atoms with E-state index in [2.05, 4.69) is 5.32 Å². The van der Waals surface area contributed by atoms with Gasteiger partial charge in [0.25, 0.3) is 5.91 Å². The number of phenolic OH excluding ortho intramolecular Hbond substituents is 1. The summed E-state index contributed by atoms with van der Waals surface area (Å²) >= 11 is 0. The molecule has 4 heteroatoms. The van der Waals surface area contributed by atoms with Crippen LogP contribution in [0.25, 0.3) is 0 Å². The molecule has 1 aliphatic carbocycles. The highest BCUT2D eigenvalue weighted by Gasteiger charge is 2.25. The lowest BCUT2D eigenvalue weighted by Crippen LogP contribution is -2.44. The summed E-state index contributed by atoms with van der Waals surface area (Å²) in [6.07, 6.45) is 4.73. The number of carbonyl (C=O) groups excluding carboxylic acids is 1. The second kappa shape index (κ2) is 5.87. The second-order valence-electron chi connectivity index (χ2n) is 4.91. The number of amides is 1. The quantitative estimate of drug-likeness (QED) is 0.758. The minimum atomic E-state index is -0.159. The van der Waals surface area contributed by atoms with Crippen molar-refractivity contribution in [2.45, 2.75) is 31.7 Å². The molecule has 2 rings (SSSR count). The van der Waals surface area contributed by atoms with Crippen LogP contribution < -0.4 is 11.1 Å². The lowest BCUT2D eigenvalue weighted by atomic mass is 9.98. The first-order valence-corrected chi connectivity index (χ1v) is 6.50. The molecule has 1 saturated carbocycles. The molecule has 4 N–H and O–H groups in total. The molecule has 1 unspecified atom stereocenters. The molecular weight excluding hydrogens is 228 g/mol. The summed E-state index contributed by atoms with van der Waals surface area (Å²) in [5, 5.41) is 12.3. The molecule has 0 aromatic heterocycles. The second-order valence-corrected chi connectivity index (χ2v) is 4.91. The van der Waals surface area contributed by atoms with Crippen molar-refractivity contribution in [1.29, 1.82) is 0 Å². The lowest BCUT2D eigenvalue weighted by Gasteiger charge is -2.23. The van der Waals surface area contributed by atoms with Gasteiger partial charge in [0.15, 0.2) is 0 Å². The van der Waals surface area contributed by atoms with Gasteiger partial charge in [-0.3, -0.25) is 4.79 Å². The van der Waals surface area contributed by atoms with Gasteiger partial charge in [0.1, 0.15) is 5.75 Å². The predicted molar refractivity (Wildman–Crippen MR) is 70.4 cm³/mol. The first kappa shape index (κ1) is 12.9. The van der Waals surface area contributed by atoms with Crippen LogP contribution in [0.5, 0.6) is 5.75 Å². The van der Waals surface area contributed by atoms with E-state index in [1.807, 2.05) is 0 Å². The number of benzene rings is 1. The monoisotopic (exact) mass is 248 g/mol. The van der Waals surface area contributed by atoms with E-state index in [9.17, 15) is 9.90 Å². The van der Waals surface area contributed by atoms with Crippen LogP contribution in [0, 0.1) is 5.92 Å². The van der Waals surface area contributed by atoms with Gasteiger partial charge in [-0.15, -0.1) is 0 Å². The molecule has 0 spiro atoms. The first-order valence-electron chi connectivity index (χ1n) is 6.50. The van der Waals surface area contributed by atoms with Gasteiger partial charge in [0.2, 0.25) is 0 Å². The Hall–Kier alpha value is -1.55. The highest BCUT2D eigenvalue weighted by atomic mass is 16.3. The minimum Gasteiger partial charge on any atom is -0.508 e. The molecule has 0 saturated heterocycles. The number of hydrogen-bond acceptors (Lipinski definition) is 3. The molecule has 0 radical (unpaired) electrons. The maximum Gasteiger partial charge on any atom is 0.251 e. The van der Waals surface area contributed by atoms with Crippen molar-refractivity contribution >= 4 is 5.91 Å². The summed E-state index contributed by atoms with van der Waals surface area (Å²) in [5.41, 5.74) is 6.22. The van der Waals surface area contributed by atoms with Crippen LogP contribution in [0.4, 0.5) is 0 Å². The van der Waals surface area contributed by atoms with Gasteiger partial charge in [-0.25, -0.2) is 0 Å². The Labute approximate surface area is 107 Å². The summed E-state index contributed by atoms with van der Waals surface area (Å²) in [6.45, 7) is 0.467. The third-order valence-corrected chi connectivity index (χ3v) is 3.65. The van der Waals surface area contributed by atoms with Crippen molar-refractivity contribution < 1.29 is 9.90 Å². The molecular formula is C14H20N2O2. The summed E-state index contributed by atoms with van der Waals surface area (Å²) in [6, 6.07) is 6.42. The minimum absolute atomic E-state index is 0.0438. The van der Waals surface area contributed by atoms with E-state index in [1.165, 1.54) is 18.9 Å². The molecule has 1 aromatic rings. The SMILES string of the molecule is NCC(NC(=O)c1cccc(O)c1)C1CCCC1. The van der Waals surface area contributed by atoms with Crippen molar-refractivity contribution in [3.63, 3.8) is 0 Å². The fourth-order valence-corrected chi connectivity index (χ4v) is 2.63. The third kappa shape index (κ3) is 3.01. The average Bonchev–Trinajstić information content (AvgIpc) is 2.89. The van der Waals surface area contributed by atoms with Gasteiger partial charge >= 0.3 is 0 Å². The van der Waals surface area contributed by atoms with Crippen LogP contribution in [-0.4, -0.2) is 23.6 Å². The van der Waals surface area contributed by atoms with Crippen LogP contribution in [0.3, 0.4) is 0 Å². The van der Waals surface area contributed by atoms with Crippen molar-refractivity contribution in [2.75, 3.05) is 6.54 Å². The zero-order valence-electron chi connectivity index (χ0n) is 10.4. The Morgan fingerprint density at radius 1 is 1.44 bits per heavy atom. The summed E-state index contributed by atoms with van der Waals surface area (Å²) in [7, 11) is 0. The van der Waals surface area contributed by atoms with Gasteiger partial charge in [0, 0.05) is 18.2 Å². The number of hydrogen-bond donors (Lipinski definition) is 3. The topological polar surface area (TPSA) is 75.3 Å². The van der Waals surface area contributed by atoms with Gasteiger partial charge in [-0.05, 0) is 37.0 Å². The van der Waals surface area contributed by atoms with E-state index in [1.54, 1.807) is 18.2 Å². The molecule has 4 nitrogen and oxygen atoms in total. The van der Waals surface area contributed by atoms with Crippen LogP contribution in [0.15, 0.2) is 24.3 Å². The Balaban J connectivity index is 2.00. The molecule has 1 amide bonds. The van der Waals surface area contributed by atoms with E-state index in [0.717, 1.165) is 12.8 Å². The predicted octanol–water partition coefficient (Wildman–Crippen LogP) is 1.64. The zero-order chi connectivity index (χ0) is 13.0. The van der Waals surface area contributed by atoms with Crippen LogP contribution >= 0.6 is 0 Å². The van der Waals surface area contributed by atoms with Crippen molar-refractivity contribution in [2.24, 2.45) is 11.7 Å². The largest absolute Gasteiger partial charge is 0.508 e. The maximum absolute atomic E-state index is 12.0. The number of carbonyl (C=O) groups is 1. The molecule has 1 atom stereocenters. The van der Waals surface area contributed by atoms with Crippen LogP contribution in [0.2, 0.25) is 0 Å². The van der Waals surface area contributed by atoms with Crippen LogP contribution in [0.1, 0.15) is 36.0 Å². The Kier molecular flexibility index (Phi) is 4.20. The normalized spacial score (nSPS) is 17.6. The average molecular weight is 248 g/mol. The third-order valence-electron chi connectivity index (χ3n) is 3.65. The fourth-order valence-electron chi connectivity index (χ4n) is 2.63. The standard InChI is InChI=1S/C14H20N2O2/c15-9-13(10-4-1-2-5-10)16-14(18)11-6-3-7-12(17)8-11/h3,6-8,10,13,17H,1-2,4-5,9,15H2,(H,16,18). The molecule has 1 fully saturated rings. The molecule has 98 valence electrons. The zero-order valence-corrected chi connectivity index (χ0v) is 10.4. The Morgan fingerprint density at radius 2 is 2.17 bits per heavy atom. The highest BCUT2D eigenvalue weighted by Crippen LogP contribution is 2.27. The highest BCUT2D eigenvalue weighted by molar-refractivity contribution is 5.94. The molecule has 1 aliphatic rings. The first-order chi connectivity index (χ1) is 8.70. The van der Waals surface area contributed by atoms with E-state index < -0.39 is 0 Å². The van der Waals surface area contributed by atoms with Crippen molar-refractivity contribution in [1.82, 2.24) is 5.32 Å².